The van der Waals surface area contributed by atoms with Gasteiger partial charge in [0, 0.05) is 17.3 Å². The second kappa shape index (κ2) is 7.60. The van der Waals surface area contributed by atoms with Crippen molar-refractivity contribution < 1.29 is 18.7 Å². The molecule has 0 unspecified atom stereocenters. The zero-order valence-corrected chi connectivity index (χ0v) is 12.8. The van der Waals surface area contributed by atoms with Gasteiger partial charge in [-0.15, -0.1) is 0 Å². The second-order valence-corrected chi connectivity index (χ2v) is 5.08. The molecule has 1 amide bonds. The number of amides is 1. The Morgan fingerprint density at radius 2 is 1.96 bits per heavy atom. The summed E-state index contributed by atoms with van der Waals surface area (Å²) < 4.78 is 17.8. The van der Waals surface area contributed by atoms with Crippen LogP contribution < -0.4 is 11.1 Å². The topological polar surface area (TPSA) is 81.4 Å². The van der Waals surface area contributed by atoms with Crippen LogP contribution in [-0.4, -0.2) is 18.5 Å². The molecule has 2 rings (SSSR count). The van der Waals surface area contributed by atoms with Gasteiger partial charge >= 0.3 is 5.97 Å². The van der Waals surface area contributed by atoms with Crippen molar-refractivity contribution in [2.75, 3.05) is 12.3 Å². The van der Waals surface area contributed by atoms with Crippen LogP contribution in [0.2, 0.25) is 5.02 Å². The number of hydrogen-bond acceptors (Lipinski definition) is 4. The molecule has 0 fully saturated rings. The molecule has 0 aliphatic carbocycles. The van der Waals surface area contributed by atoms with Gasteiger partial charge in [-0.05, 0) is 29.8 Å². The van der Waals surface area contributed by atoms with Crippen LogP contribution in [0, 0.1) is 5.82 Å². The molecule has 0 aliphatic rings. The van der Waals surface area contributed by atoms with Gasteiger partial charge in [-0.3, -0.25) is 4.79 Å². The van der Waals surface area contributed by atoms with Gasteiger partial charge in [-0.2, -0.15) is 0 Å². The van der Waals surface area contributed by atoms with Crippen LogP contribution in [0.25, 0.3) is 0 Å². The molecule has 3 N–H and O–H groups in total. The molecule has 0 aromatic heterocycles. The highest BCUT2D eigenvalue weighted by molar-refractivity contribution is 6.31. The highest BCUT2D eigenvalue weighted by Gasteiger charge is 2.14. The van der Waals surface area contributed by atoms with Crippen LogP contribution in [0.5, 0.6) is 0 Å². The third-order valence-electron chi connectivity index (χ3n) is 3.00. The summed E-state index contributed by atoms with van der Waals surface area (Å²) in [5, 5.41) is 3.11. The first-order chi connectivity index (χ1) is 11.0. The Kier molecular flexibility index (Phi) is 5.54. The standard InChI is InChI=1S/C16H14ClFN2O3/c17-13-4-2-1-3-10(13)8-20-15(21)9-23-16(22)12-6-5-11(18)7-14(12)19/h1-7H,8-9,19H2,(H,20,21). The number of carbonyl (C=O) groups excluding carboxylic acids is 2. The van der Waals surface area contributed by atoms with Crippen LogP contribution in [0.15, 0.2) is 42.5 Å². The first kappa shape index (κ1) is 16.8. The quantitative estimate of drug-likeness (QED) is 0.649. The third-order valence-corrected chi connectivity index (χ3v) is 3.37. The van der Waals surface area contributed by atoms with Crippen molar-refractivity contribution in [3.05, 3.63) is 64.4 Å². The lowest BCUT2D eigenvalue weighted by atomic mass is 10.2. The molecule has 2 aromatic rings. The maximum absolute atomic E-state index is 12.9. The number of anilines is 1. The Morgan fingerprint density at radius 3 is 2.65 bits per heavy atom. The summed E-state index contributed by atoms with van der Waals surface area (Å²) in [6, 6.07) is 10.4. The van der Waals surface area contributed by atoms with Crippen LogP contribution in [0.3, 0.4) is 0 Å². The molecular formula is C16H14ClFN2O3. The van der Waals surface area contributed by atoms with E-state index in [4.69, 9.17) is 22.1 Å². The third kappa shape index (κ3) is 4.69. The molecule has 23 heavy (non-hydrogen) atoms. The molecule has 0 heterocycles. The van der Waals surface area contributed by atoms with E-state index in [-0.39, 0.29) is 17.8 Å². The predicted octanol–water partition coefficient (Wildman–Crippen LogP) is 2.53. The number of ether oxygens (including phenoxy) is 1. The second-order valence-electron chi connectivity index (χ2n) is 4.68. The smallest absolute Gasteiger partial charge is 0.340 e. The molecule has 0 atom stereocenters. The largest absolute Gasteiger partial charge is 0.452 e. The summed E-state index contributed by atoms with van der Waals surface area (Å²) in [5.74, 6) is -1.84. The molecule has 2 aromatic carbocycles. The number of nitrogens with one attached hydrogen (secondary N) is 1. The van der Waals surface area contributed by atoms with E-state index < -0.39 is 24.3 Å². The van der Waals surface area contributed by atoms with E-state index in [1.54, 1.807) is 24.3 Å². The van der Waals surface area contributed by atoms with Crippen LogP contribution in [0.4, 0.5) is 10.1 Å². The van der Waals surface area contributed by atoms with Crippen LogP contribution in [-0.2, 0) is 16.1 Å². The van der Waals surface area contributed by atoms with Crippen molar-refractivity contribution in [2.45, 2.75) is 6.54 Å². The number of hydrogen-bond donors (Lipinski definition) is 2. The zero-order chi connectivity index (χ0) is 16.8. The molecule has 0 aliphatic heterocycles. The minimum Gasteiger partial charge on any atom is -0.452 e. The first-order valence-electron chi connectivity index (χ1n) is 6.69. The summed E-state index contributed by atoms with van der Waals surface area (Å²) in [5.41, 5.74) is 6.23. The molecule has 0 radical (unpaired) electrons. The number of rotatable bonds is 5. The van der Waals surface area contributed by atoms with Crippen molar-refractivity contribution in [2.24, 2.45) is 0 Å². The monoisotopic (exact) mass is 336 g/mol. The average molecular weight is 337 g/mol. The Morgan fingerprint density at radius 1 is 1.22 bits per heavy atom. The normalized spacial score (nSPS) is 10.2. The first-order valence-corrected chi connectivity index (χ1v) is 7.07. The van der Waals surface area contributed by atoms with E-state index in [1.165, 1.54) is 6.07 Å². The summed E-state index contributed by atoms with van der Waals surface area (Å²) in [4.78, 5) is 23.5. The molecule has 0 spiro atoms. The van der Waals surface area contributed by atoms with E-state index in [2.05, 4.69) is 5.32 Å². The number of benzene rings is 2. The Balaban J connectivity index is 1.84. The maximum Gasteiger partial charge on any atom is 0.340 e. The van der Waals surface area contributed by atoms with Gasteiger partial charge in [0.05, 0.1) is 5.56 Å². The fraction of sp³-hybridized carbons (Fsp3) is 0.125. The van der Waals surface area contributed by atoms with Crippen LogP contribution in [0.1, 0.15) is 15.9 Å². The minimum atomic E-state index is -0.796. The predicted molar refractivity (Wildman–Crippen MR) is 84.4 cm³/mol. The van der Waals surface area contributed by atoms with Crippen molar-refractivity contribution in [1.82, 2.24) is 5.32 Å². The van der Waals surface area contributed by atoms with Gasteiger partial charge in [-0.25, -0.2) is 9.18 Å². The molecule has 5 nitrogen and oxygen atoms in total. The summed E-state index contributed by atoms with van der Waals surface area (Å²) in [7, 11) is 0. The number of nitrogen functional groups attached to an aromatic ring is 1. The molecule has 120 valence electrons. The van der Waals surface area contributed by atoms with E-state index >= 15 is 0 Å². The van der Waals surface area contributed by atoms with Crippen LogP contribution >= 0.6 is 11.6 Å². The maximum atomic E-state index is 12.9. The number of nitrogens with two attached hydrogens (primary N) is 1. The van der Waals surface area contributed by atoms with Gasteiger partial charge in [0.2, 0.25) is 0 Å². The highest BCUT2D eigenvalue weighted by atomic mass is 35.5. The fourth-order valence-corrected chi connectivity index (χ4v) is 2.02. The van der Waals surface area contributed by atoms with E-state index in [0.717, 1.165) is 17.7 Å². The van der Waals surface area contributed by atoms with E-state index in [0.29, 0.717) is 5.02 Å². The SMILES string of the molecule is Nc1cc(F)ccc1C(=O)OCC(=O)NCc1ccccc1Cl. The van der Waals surface area contributed by atoms with Crippen molar-refractivity contribution in [3.8, 4) is 0 Å². The number of halogens is 2. The zero-order valence-electron chi connectivity index (χ0n) is 12.0. The van der Waals surface area contributed by atoms with Gasteiger partial charge < -0.3 is 15.8 Å². The average Bonchev–Trinajstić information content (AvgIpc) is 2.52. The molecule has 0 saturated heterocycles. The molecule has 0 saturated carbocycles. The summed E-state index contributed by atoms with van der Waals surface area (Å²) in [6.45, 7) is -0.255. The van der Waals surface area contributed by atoms with E-state index in [1.807, 2.05) is 0 Å². The lowest BCUT2D eigenvalue weighted by Crippen LogP contribution is -2.28. The van der Waals surface area contributed by atoms with Gasteiger partial charge in [0.25, 0.3) is 5.91 Å². The number of esters is 1. The lowest BCUT2D eigenvalue weighted by molar-refractivity contribution is -0.124. The number of carbonyl (C=O) groups is 2. The van der Waals surface area contributed by atoms with Crippen molar-refractivity contribution in [3.63, 3.8) is 0 Å². The lowest BCUT2D eigenvalue weighted by Gasteiger charge is -2.09. The Hall–Kier alpha value is -2.60. The summed E-state index contributed by atoms with van der Waals surface area (Å²) >= 11 is 5.96. The Labute approximate surface area is 137 Å². The van der Waals surface area contributed by atoms with Crippen molar-refractivity contribution >= 4 is 29.2 Å². The summed E-state index contributed by atoms with van der Waals surface area (Å²) in [6.07, 6.45) is 0. The van der Waals surface area contributed by atoms with Gasteiger partial charge in [0.1, 0.15) is 5.82 Å². The highest BCUT2D eigenvalue weighted by Crippen LogP contribution is 2.15. The molecule has 7 heteroatoms. The fourth-order valence-electron chi connectivity index (χ4n) is 1.81. The van der Waals surface area contributed by atoms with Gasteiger partial charge in [0.15, 0.2) is 6.61 Å². The van der Waals surface area contributed by atoms with E-state index in [9.17, 15) is 14.0 Å². The Bertz CT molecular complexity index is 737. The molecule has 0 bridgehead atoms. The van der Waals surface area contributed by atoms with Crippen molar-refractivity contribution in [1.29, 1.82) is 0 Å². The minimum absolute atomic E-state index is 0.00491. The molecular weight excluding hydrogens is 323 g/mol. The van der Waals surface area contributed by atoms with Gasteiger partial charge in [-0.1, -0.05) is 29.8 Å².